The maximum absolute atomic E-state index is 13.2. The van der Waals surface area contributed by atoms with Crippen LogP contribution in [0.1, 0.15) is 20.8 Å². The monoisotopic (exact) mass is 558 g/mol. The molecule has 0 fully saturated rings. The van der Waals surface area contributed by atoms with Crippen molar-refractivity contribution in [1.82, 2.24) is 19.5 Å². The number of aromatic amines is 1. The van der Waals surface area contributed by atoms with Crippen LogP contribution in [0.4, 0.5) is 0 Å². The summed E-state index contributed by atoms with van der Waals surface area (Å²) >= 11 is 12.3. The number of rotatable bonds is 7. The number of ether oxygens (including phenoxy) is 1. The van der Waals surface area contributed by atoms with Crippen molar-refractivity contribution in [2.75, 3.05) is 13.2 Å². The zero-order valence-electron chi connectivity index (χ0n) is 21.3. The Morgan fingerprint density at radius 1 is 1.05 bits per heavy atom. The fourth-order valence-corrected chi connectivity index (χ4v) is 4.87. The highest BCUT2D eigenvalue weighted by Crippen LogP contribution is 2.37. The third-order valence-electron chi connectivity index (χ3n) is 6.56. The van der Waals surface area contributed by atoms with Gasteiger partial charge in [0.1, 0.15) is 23.2 Å². The number of benzene rings is 1. The molecule has 0 aliphatic carbocycles. The van der Waals surface area contributed by atoms with Crippen molar-refractivity contribution < 1.29 is 9.16 Å². The molecule has 0 saturated carbocycles. The molecule has 3 heterocycles. The Kier molecular flexibility index (Phi) is 7.61. The third-order valence-corrected chi connectivity index (χ3v) is 11.8. The first-order valence-electron chi connectivity index (χ1n) is 11.7. The topological polar surface area (TPSA) is 99.1 Å². The average molecular weight is 560 g/mol. The summed E-state index contributed by atoms with van der Waals surface area (Å²) in [5, 5.41) is 0.217. The summed E-state index contributed by atoms with van der Waals surface area (Å²) in [6.07, 6.45) is 1.60. The van der Waals surface area contributed by atoms with E-state index in [-0.39, 0.29) is 32.9 Å². The maximum Gasteiger partial charge on any atom is 0.334 e. The molecule has 0 saturated heterocycles. The number of hydrogen-bond donors (Lipinski definition) is 1. The van der Waals surface area contributed by atoms with E-state index in [4.69, 9.17) is 32.4 Å². The lowest BCUT2D eigenvalue weighted by Gasteiger charge is -2.36. The van der Waals surface area contributed by atoms with Crippen LogP contribution in [-0.4, -0.2) is 41.1 Å². The van der Waals surface area contributed by atoms with E-state index in [0.29, 0.717) is 23.7 Å². The minimum absolute atomic E-state index is 0.0377. The second-order valence-corrected chi connectivity index (χ2v) is 15.6. The molecule has 194 valence electrons. The molecule has 0 bridgehead atoms. The van der Waals surface area contributed by atoms with Gasteiger partial charge in [-0.15, -0.1) is 0 Å². The molecule has 0 amide bonds. The van der Waals surface area contributed by atoms with Gasteiger partial charge in [0.15, 0.2) is 14.0 Å². The zero-order valence-corrected chi connectivity index (χ0v) is 23.8. The number of nitrogens with zero attached hydrogens (tertiary/aromatic N) is 3. The van der Waals surface area contributed by atoms with Crippen molar-refractivity contribution in [3.05, 3.63) is 79.7 Å². The Morgan fingerprint density at radius 3 is 2.43 bits per heavy atom. The van der Waals surface area contributed by atoms with E-state index < -0.39 is 19.6 Å². The van der Waals surface area contributed by atoms with Crippen molar-refractivity contribution in [2.45, 2.75) is 38.9 Å². The van der Waals surface area contributed by atoms with E-state index in [1.807, 2.05) is 30.3 Å². The van der Waals surface area contributed by atoms with Gasteiger partial charge in [0.25, 0.3) is 5.56 Å². The molecule has 0 unspecified atom stereocenters. The maximum atomic E-state index is 13.2. The van der Waals surface area contributed by atoms with Crippen LogP contribution in [0.2, 0.25) is 28.3 Å². The van der Waals surface area contributed by atoms with Crippen molar-refractivity contribution in [3.8, 4) is 22.7 Å². The van der Waals surface area contributed by atoms with Gasteiger partial charge in [-0.3, -0.25) is 14.8 Å². The first-order chi connectivity index (χ1) is 17.4. The van der Waals surface area contributed by atoms with Crippen LogP contribution < -0.4 is 16.0 Å². The number of pyridine rings is 2. The minimum Gasteiger partial charge on any atom is -0.489 e. The SMILES string of the molecule is CC(C)(C)[Si](C)(C)OCCOc1ccnc(-c2ccccc2)c1-n1c(=O)[nH]c(=O)c2cc(Cl)c(Cl)nc21. The molecule has 4 rings (SSSR count). The molecule has 1 N–H and O–H groups in total. The second-order valence-electron chi connectivity index (χ2n) is 10.1. The summed E-state index contributed by atoms with van der Waals surface area (Å²) in [6, 6.07) is 12.4. The van der Waals surface area contributed by atoms with E-state index in [1.165, 1.54) is 10.6 Å². The molecular formula is C26H28Cl2N4O4Si. The van der Waals surface area contributed by atoms with Gasteiger partial charge in [-0.1, -0.05) is 74.3 Å². The molecule has 0 aliphatic heterocycles. The molecule has 0 spiro atoms. The Balaban J connectivity index is 1.87. The fourth-order valence-electron chi connectivity index (χ4n) is 3.56. The standard InChI is InChI=1S/C26H28Cl2N4O4Si/c1-26(2,3)37(4,5)36-14-13-35-19-11-12-29-20(16-9-7-6-8-10-16)21(19)32-23-17(24(33)31-25(32)34)15-18(27)22(28)30-23/h6-12,15H,13-14H2,1-5H3,(H,31,33,34). The van der Waals surface area contributed by atoms with E-state index in [2.05, 4.69) is 48.8 Å². The van der Waals surface area contributed by atoms with Crippen LogP contribution in [0.15, 0.2) is 58.3 Å². The van der Waals surface area contributed by atoms with E-state index >= 15 is 0 Å². The molecule has 4 aromatic rings. The molecule has 0 radical (unpaired) electrons. The van der Waals surface area contributed by atoms with Crippen LogP contribution in [0.5, 0.6) is 5.75 Å². The smallest absolute Gasteiger partial charge is 0.334 e. The summed E-state index contributed by atoms with van der Waals surface area (Å²) in [5.74, 6) is 0.371. The highest BCUT2D eigenvalue weighted by Gasteiger charge is 2.37. The lowest BCUT2D eigenvalue weighted by molar-refractivity contribution is 0.203. The number of fused-ring (bicyclic) bond motifs is 1. The van der Waals surface area contributed by atoms with Crippen molar-refractivity contribution in [1.29, 1.82) is 0 Å². The number of hydrogen-bond acceptors (Lipinski definition) is 6. The van der Waals surface area contributed by atoms with E-state index in [1.54, 1.807) is 12.3 Å². The Hall–Kier alpha value is -2.98. The lowest BCUT2D eigenvalue weighted by Crippen LogP contribution is -2.41. The summed E-state index contributed by atoms with van der Waals surface area (Å²) in [4.78, 5) is 37.0. The number of nitrogens with one attached hydrogen (secondary N) is 1. The molecule has 0 aliphatic rings. The third kappa shape index (κ3) is 5.50. The Bertz CT molecular complexity index is 1560. The van der Waals surface area contributed by atoms with Crippen LogP contribution in [0.25, 0.3) is 28.0 Å². The molecule has 8 nitrogen and oxygen atoms in total. The lowest BCUT2D eigenvalue weighted by atomic mass is 10.1. The van der Waals surface area contributed by atoms with Gasteiger partial charge in [0.05, 0.1) is 22.7 Å². The summed E-state index contributed by atoms with van der Waals surface area (Å²) in [5.41, 5.74) is 0.223. The number of aromatic nitrogens is 4. The van der Waals surface area contributed by atoms with Crippen molar-refractivity contribution in [2.24, 2.45) is 0 Å². The van der Waals surface area contributed by atoms with Gasteiger partial charge < -0.3 is 9.16 Å². The number of halogens is 2. The van der Waals surface area contributed by atoms with E-state index in [9.17, 15) is 9.59 Å². The van der Waals surface area contributed by atoms with Gasteiger partial charge in [-0.25, -0.2) is 14.3 Å². The molecule has 11 heteroatoms. The Morgan fingerprint density at radius 2 is 1.76 bits per heavy atom. The first kappa shape index (κ1) is 27.1. The first-order valence-corrected chi connectivity index (χ1v) is 15.4. The highest BCUT2D eigenvalue weighted by molar-refractivity contribution is 6.74. The van der Waals surface area contributed by atoms with Crippen molar-refractivity contribution >= 4 is 42.6 Å². The summed E-state index contributed by atoms with van der Waals surface area (Å²) < 4.78 is 13.7. The normalized spacial score (nSPS) is 12.2. The Labute approximate surface area is 225 Å². The van der Waals surface area contributed by atoms with Gasteiger partial charge in [-0.2, -0.15) is 0 Å². The van der Waals surface area contributed by atoms with Gasteiger partial charge in [0.2, 0.25) is 0 Å². The summed E-state index contributed by atoms with van der Waals surface area (Å²) in [7, 11) is -1.97. The van der Waals surface area contributed by atoms with Gasteiger partial charge >= 0.3 is 5.69 Å². The fraction of sp³-hybridized carbons (Fsp3) is 0.308. The van der Waals surface area contributed by atoms with Crippen LogP contribution >= 0.6 is 23.2 Å². The van der Waals surface area contributed by atoms with E-state index in [0.717, 1.165) is 5.56 Å². The molecule has 37 heavy (non-hydrogen) atoms. The molecule has 3 aromatic heterocycles. The molecule has 1 aromatic carbocycles. The van der Waals surface area contributed by atoms with Gasteiger partial charge in [-0.05, 0) is 24.2 Å². The quantitative estimate of drug-likeness (QED) is 0.173. The summed E-state index contributed by atoms with van der Waals surface area (Å²) in [6.45, 7) is 11.5. The highest BCUT2D eigenvalue weighted by atomic mass is 35.5. The number of H-pyrrole nitrogens is 1. The predicted molar refractivity (Wildman–Crippen MR) is 150 cm³/mol. The van der Waals surface area contributed by atoms with Crippen LogP contribution in [0.3, 0.4) is 0 Å². The van der Waals surface area contributed by atoms with Crippen LogP contribution in [-0.2, 0) is 4.43 Å². The zero-order chi connectivity index (χ0) is 27.0. The van der Waals surface area contributed by atoms with Crippen molar-refractivity contribution in [3.63, 3.8) is 0 Å². The van der Waals surface area contributed by atoms with Crippen LogP contribution in [0, 0.1) is 0 Å². The molecular weight excluding hydrogens is 531 g/mol. The largest absolute Gasteiger partial charge is 0.489 e. The van der Waals surface area contributed by atoms with Gasteiger partial charge in [0, 0.05) is 17.8 Å². The predicted octanol–water partition coefficient (Wildman–Crippen LogP) is 5.84. The second kappa shape index (κ2) is 10.4. The molecule has 0 atom stereocenters. The minimum atomic E-state index is -1.97. The average Bonchev–Trinajstić information content (AvgIpc) is 2.83.